The van der Waals surface area contributed by atoms with Gasteiger partial charge in [-0.1, -0.05) is 13.8 Å². The second kappa shape index (κ2) is 6.95. The number of likely N-dealkylation sites (N-methyl/N-ethyl adjacent to an activating group) is 1. The summed E-state index contributed by atoms with van der Waals surface area (Å²) in [4.78, 5) is 14.5. The molecule has 0 saturated carbocycles. The van der Waals surface area contributed by atoms with Gasteiger partial charge in [0.05, 0.1) is 6.20 Å². The fraction of sp³-hybridized carbons (Fsp3) is 0.500. The van der Waals surface area contributed by atoms with Crippen LogP contribution in [0.1, 0.15) is 13.8 Å². The average molecular weight is 221 g/mol. The third kappa shape index (κ3) is 3.98. The van der Waals surface area contributed by atoms with Crippen molar-refractivity contribution in [2.45, 2.75) is 13.8 Å². The van der Waals surface area contributed by atoms with E-state index in [1.165, 1.54) is 6.20 Å². The van der Waals surface area contributed by atoms with Crippen molar-refractivity contribution >= 4 is 0 Å². The van der Waals surface area contributed by atoms with Crippen molar-refractivity contribution in [3.8, 4) is 0 Å². The molecule has 0 aromatic heterocycles. The zero-order chi connectivity index (χ0) is 11.8. The Hall–Kier alpha value is -1.42. The molecule has 1 rings (SSSR count). The highest BCUT2D eigenvalue weighted by Gasteiger charge is 2.03. The van der Waals surface area contributed by atoms with E-state index in [0.717, 1.165) is 31.8 Å². The first-order valence-corrected chi connectivity index (χ1v) is 5.67. The summed E-state index contributed by atoms with van der Waals surface area (Å²) < 4.78 is 0. The Morgan fingerprint density at radius 1 is 1.31 bits per heavy atom. The molecule has 0 N–H and O–H groups in total. The molecule has 0 fully saturated rings. The van der Waals surface area contributed by atoms with Crippen LogP contribution in [0.3, 0.4) is 0 Å². The highest BCUT2D eigenvalue weighted by molar-refractivity contribution is 5.33. The molecule has 4 heteroatoms. The van der Waals surface area contributed by atoms with Crippen LogP contribution in [0, 0.1) is 4.91 Å². The maximum Gasteiger partial charge on any atom is 0.0788 e. The van der Waals surface area contributed by atoms with Crippen LogP contribution in [0.5, 0.6) is 0 Å². The molecule has 0 saturated heterocycles. The number of nitroso groups, excluding NO2 is 1. The molecule has 0 bridgehead atoms. The first kappa shape index (κ1) is 12.6. The second-order valence-corrected chi connectivity index (χ2v) is 3.63. The van der Waals surface area contributed by atoms with Crippen LogP contribution < -0.4 is 0 Å². The lowest BCUT2D eigenvalue weighted by Gasteiger charge is -2.23. The molecule has 16 heavy (non-hydrogen) atoms. The quantitative estimate of drug-likeness (QED) is 0.646. The molecule has 0 radical (unpaired) electrons. The lowest BCUT2D eigenvalue weighted by molar-refractivity contribution is 0.279. The third-order valence-electron chi connectivity index (χ3n) is 2.69. The van der Waals surface area contributed by atoms with Gasteiger partial charge in [-0.25, -0.2) is 0 Å². The minimum Gasteiger partial charge on any atom is -0.353 e. The second-order valence-electron chi connectivity index (χ2n) is 3.63. The van der Waals surface area contributed by atoms with E-state index in [-0.39, 0.29) is 0 Å². The SMILES string of the molecule is CCN(CC)CCN1C=CC(=CN=O)C=C1. The lowest BCUT2D eigenvalue weighted by atomic mass is 10.2. The van der Waals surface area contributed by atoms with Gasteiger partial charge in [-0.2, -0.15) is 0 Å². The van der Waals surface area contributed by atoms with Crippen molar-refractivity contribution in [2.24, 2.45) is 5.18 Å². The average Bonchev–Trinajstić information content (AvgIpc) is 2.33. The zero-order valence-electron chi connectivity index (χ0n) is 9.97. The van der Waals surface area contributed by atoms with E-state index in [2.05, 4.69) is 28.8 Å². The predicted octanol–water partition coefficient (Wildman–Crippen LogP) is 2.32. The van der Waals surface area contributed by atoms with Gasteiger partial charge in [0, 0.05) is 25.5 Å². The standard InChI is InChI=1S/C12H19N3O/c1-3-14(4-2)9-10-15-7-5-12(6-8-15)11-13-16/h5-8,11H,3-4,9-10H2,1-2H3. The van der Waals surface area contributed by atoms with E-state index in [1.807, 2.05) is 24.6 Å². The normalized spacial score (nSPS) is 14.7. The summed E-state index contributed by atoms with van der Waals surface area (Å²) in [5.41, 5.74) is 0.842. The lowest BCUT2D eigenvalue weighted by Crippen LogP contribution is -2.31. The number of hydrogen-bond acceptors (Lipinski definition) is 4. The Labute approximate surface area is 96.9 Å². The minimum absolute atomic E-state index is 0.842. The summed E-state index contributed by atoms with van der Waals surface area (Å²) in [5.74, 6) is 0. The predicted molar refractivity (Wildman–Crippen MR) is 66.7 cm³/mol. The summed E-state index contributed by atoms with van der Waals surface area (Å²) in [5, 5.41) is 2.74. The maximum absolute atomic E-state index is 10.0. The van der Waals surface area contributed by atoms with Crippen molar-refractivity contribution in [1.82, 2.24) is 9.80 Å². The van der Waals surface area contributed by atoms with E-state index >= 15 is 0 Å². The number of rotatable bonds is 6. The summed E-state index contributed by atoms with van der Waals surface area (Å²) >= 11 is 0. The molecule has 0 aromatic rings. The summed E-state index contributed by atoms with van der Waals surface area (Å²) in [6.45, 7) is 8.52. The number of nitrogens with zero attached hydrogens (tertiary/aromatic N) is 3. The molecular formula is C12H19N3O. The molecule has 88 valence electrons. The summed E-state index contributed by atoms with van der Waals surface area (Å²) in [6, 6.07) is 0. The molecule has 0 atom stereocenters. The van der Waals surface area contributed by atoms with Crippen LogP contribution in [-0.4, -0.2) is 36.0 Å². The first-order valence-electron chi connectivity index (χ1n) is 5.67. The number of allylic oxidation sites excluding steroid dienone is 3. The summed E-state index contributed by atoms with van der Waals surface area (Å²) in [7, 11) is 0. The van der Waals surface area contributed by atoms with E-state index in [4.69, 9.17) is 0 Å². The van der Waals surface area contributed by atoms with Gasteiger partial charge >= 0.3 is 0 Å². The molecule has 0 unspecified atom stereocenters. The molecule has 0 amide bonds. The van der Waals surface area contributed by atoms with Gasteiger partial charge in [0.1, 0.15) is 0 Å². The van der Waals surface area contributed by atoms with E-state index in [1.54, 1.807) is 0 Å². The van der Waals surface area contributed by atoms with E-state index in [9.17, 15) is 4.91 Å². The highest BCUT2D eigenvalue weighted by Crippen LogP contribution is 2.09. The van der Waals surface area contributed by atoms with Gasteiger partial charge in [0.2, 0.25) is 0 Å². The maximum atomic E-state index is 10.0. The van der Waals surface area contributed by atoms with Crippen LogP contribution in [-0.2, 0) is 0 Å². The Morgan fingerprint density at radius 2 is 1.94 bits per heavy atom. The fourth-order valence-electron chi connectivity index (χ4n) is 1.56. The van der Waals surface area contributed by atoms with E-state index in [0.29, 0.717) is 0 Å². The smallest absolute Gasteiger partial charge is 0.0788 e. The van der Waals surface area contributed by atoms with Gasteiger partial charge in [-0.3, -0.25) is 0 Å². The van der Waals surface area contributed by atoms with Gasteiger partial charge in [-0.05, 0) is 36.0 Å². The van der Waals surface area contributed by atoms with Crippen molar-refractivity contribution < 1.29 is 0 Å². The summed E-state index contributed by atoms with van der Waals surface area (Å²) in [6.07, 6.45) is 9.04. The molecule has 1 aliphatic rings. The molecule has 1 heterocycles. The van der Waals surface area contributed by atoms with Gasteiger partial charge < -0.3 is 9.80 Å². The Balaban J connectivity index is 2.37. The fourth-order valence-corrected chi connectivity index (χ4v) is 1.56. The van der Waals surface area contributed by atoms with Crippen LogP contribution >= 0.6 is 0 Å². The Bertz CT molecular complexity index is 287. The highest BCUT2D eigenvalue weighted by atomic mass is 16.2. The van der Waals surface area contributed by atoms with Crippen molar-refractivity contribution in [2.75, 3.05) is 26.2 Å². The third-order valence-corrected chi connectivity index (χ3v) is 2.69. The number of hydrogen-bond donors (Lipinski definition) is 0. The Kier molecular flexibility index (Phi) is 5.50. The zero-order valence-corrected chi connectivity index (χ0v) is 9.97. The monoisotopic (exact) mass is 221 g/mol. The van der Waals surface area contributed by atoms with E-state index < -0.39 is 0 Å². The van der Waals surface area contributed by atoms with Crippen LogP contribution in [0.25, 0.3) is 0 Å². The largest absolute Gasteiger partial charge is 0.353 e. The van der Waals surface area contributed by atoms with Crippen molar-refractivity contribution in [1.29, 1.82) is 0 Å². The molecule has 0 spiro atoms. The molecule has 4 nitrogen and oxygen atoms in total. The Morgan fingerprint density at radius 3 is 2.44 bits per heavy atom. The minimum atomic E-state index is 0.842. The van der Waals surface area contributed by atoms with Crippen LogP contribution in [0.15, 0.2) is 41.5 Å². The topological polar surface area (TPSA) is 35.9 Å². The molecule has 1 aliphatic heterocycles. The van der Waals surface area contributed by atoms with Crippen molar-refractivity contribution in [3.63, 3.8) is 0 Å². The van der Waals surface area contributed by atoms with Gasteiger partial charge in [0.15, 0.2) is 0 Å². The molecule has 0 aromatic carbocycles. The van der Waals surface area contributed by atoms with Crippen LogP contribution in [0.4, 0.5) is 0 Å². The molecule has 0 aliphatic carbocycles. The molecular weight excluding hydrogens is 202 g/mol. The van der Waals surface area contributed by atoms with Gasteiger partial charge in [0.25, 0.3) is 0 Å². The van der Waals surface area contributed by atoms with Gasteiger partial charge in [-0.15, -0.1) is 4.91 Å². The van der Waals surface area contributed by atoms with Crippen molar-refractivity contribution in [3.05, 3.63) is 41.2 Å². The first-order chi connectivity index (χ1) is 7.80. The van der Waals surface area contributed by atoms with Crippen LogP contribution in [0.2, 0.25) is 0 Å².